The Kier molecular flexibility index (Phi) is 4.29. The Bertz CT molecular complexity index is 501. The van der Waals surface area contributed by atoms with Crippen molar-refractivity contribution in [2.75, 3.05) is 20.3 Å². The van der Waals surface area contributed by atoms with Crippen molar-refractivity contribution in [1.29, 1.82) is 0 Å². The number of carbonyl (C=O) groups is 1. The predicted molar refractivity (Wildman–Crippen MR) is 77.6 cm³/mol. The van der Waals surface area contributed by atoms with Crippen LogP contribution < -0.4 is 14.8 Å². The number of nitrogens with one attached hydrogen (secondary N) is 1. The largest absolute Gasteiger partial charge is 0.493 e. The van der Waals surface area contributed by atoms with Crippen molar-refractivity contribution in [3.63, 3.8) is 0 Å². The van der Waals surface area contributed by atoms with E-state index in [0.717, 1.165) is 29.9 Å². The van der Waals surface area contributed by atoms with Crippen LogP contribution in [0, 0.1) is 0 Å². The third-order valence-electron chi connectivity index (χ3n) is 4.06. The molecule has 114 valence electrons. The molecule has 0 spiro atoms. The number of benzene rings is 1. The van der Waals surface area contributed by atoms with Crippen LogP contribution in [0.1, 0.15) is 37.4 Å². The molecule has 1 aromatic carbocycles. The zero-order chi connectivity index (χ0) is 14.7. The van der Waals surface area contributed by atoms with E-state index < -0.39 is 0 Å². The van der Waals surface area contributed by atoms with Crippen LogP contribution in [0.5, 0.6) is 11.5 Å². The van der Waals surface area contributed by atoms with Crippen molar-refractivity contribution >= 4 is 5.91 Å². The average molecular weight is 291 g/mol. The number of hydrogen-bond donors (Lipinski definition) is 1. The van der Waals surface area contributed by atoms with Gasteiger partial charge in [0.2, 0.25) is 5.91 Å². The standard InChI is InChI=1S/C16H21NO4/c1-19-13-7-6-11(15-9-17-16(18)10-20-15)8-14(13)21-12-4-2-3-5-12/h6-8,12,15H,2-5,9-10H2,1H3,(H,17,18). The van der Waals surface area contributed by atoms with E-state index in [1.165, 1.54) is 12.8 Å². The van der Waals surface area contributed by atoms with Crippen molar-refractivity contribution < 1.29 is 19.0 Å². The molecule has 1 saturated heterocycles. The normalized spacial score (nSPS) is 22.9. The highest BCUT2D eigenvalue weighted by atomic mass is 16.5. The van der Waals surface area contributed by atoms with Gasteiger partial charge in [-0.1, -0.05) is 6.07 Å². The molecule has 1 unspecified atom stereocenters. The molecule has 1 saturated carbocycles. The number of ether oxygens (including phenoxy) is 3. The lowest BCUT2D eigenvalue weighted by molar-refractivity contribution is -0.133. The summed E-state index contributed by atoms with van der Waals surface area (Å²) in [6.07, 6.45) is 4.81. The first kappa shape index (κ1) is 14.2. The third-order valence-corrected chi connectivity index (χ3v) is 4.06. The number of hydrogen-bond acceptors (Lipinski definition) is 4. The third kappa shape index (κ3) is 3.29. The summed E-state index contributed by atoms with van der Waals surface area (Å²) < 4.78 is 17.0. The van der Waals surface area contributed by atoms with E-state index in [4.69, 9.17) is 14.2 Å². The SMILES string of the molecule is COc1ccc(C2CNC(=O)CO2)cc1OC1CCCC1. The first-order valence-electron chi connectivity index (χ1n) is 7.49. The van der Waals surface area contributed by atoms with Crippen LogP contribution in [0.4, 0.5) is 0 Å². The molecule has 5 nitrogen and oxygen atoms in total. The highest BCUT2D eigenvalue weighted by Gasteiger charge is 2.23. The van der Waals surface area contributed by atoms with Crippen molar-refractivity contribution in [2.45, 2.75) is 37.9 Å². The molecule has 1 amide bonds. The van der Waals surface area contributed by atoms with E-state index in [1.54, 1.807) is 7.11 Å². The first-order chi connectivity index (χ1) is 10.3. The lowest BCUT2D eigenvalue weighted by Crippen LogP contribution is -2.38. The van der Waals surface area contributed by atoms with Crippen LogP contribution in [-0.2, 0) is 9.53 Å². The highest BCUT2D eigenvalue weighted by Crippen LogP contribution is 2.34. The van der Waals surface area contributed by atoms with Crippen LogP contribution in [-0.4, -0.2) is 32.3 Å². The zero-order valence-electron chi connectivity index (χ0n) is 12.3. The summed E-state index contributed by atoms with van der Waals surface area (Å²) in [5, 5.41) is 2.82. The number of morpholine rings is 1. The van der Waals surface area contributed by atoms with Crippen LogP contribution in [0.15, 0.2) is 18.2 Å². The van der Waals surface area contributed by atoms with Gasteiger partial charge in [0.05, 0.1) is 13.2 Å². The number of amides is 1. The van der Waals surface area contributed by atoms with Gasteiger partial charge in [-0.3, -0.25) is 4.79 Å². The molecule has 2 aliphatic rings. The van der Waals surface area contributed by atoms with Gasteiger partial charge in [-0.05, 0) is 43.4 Å². The van der Waals surface area contributed by atoms with E-state index >= 15 is 0 Å². The summed E-state index contributed by atoms with van der Waals surface area (Å²) in [6, 6.07) is 5.83. The minimum absolute atomic E-state index is 0.0674. The first-order valence-corrected chi connectivity index (χ1v) is 7.49. The smallest absolute Gasteiger partial charge is 0.246 e. The van der Waals surface area contributed by atoms with Crippen molar-refractivity contribution in [3.05, 3.63) is 23.8 Å². The second kappa shape index (κ2) is 6.35. The maximum absolute atomic E-state index is 11.2. The van der Waals surface area contributed by atoms with Crippen LogP contribution in [0.25, 0.3) is 0 Å². The molecule has 1 aromatic rings. The van der Waals surface area contributed by atoms with Gasteiger partial charge in [0.25, 0.3) is 0 Å². The van der Waals surface area contributed by atoms with Gasteiger partial charge in [0, 0.05) is 6.54 Å². The van der Waals surface area contributed by atoms with Crippen molar-refractivity contribution in [1.82, 2.24) is 5.32 Å². The second-order valence-electron chi connectivity index (χ2n) is 5.54. The summed E-state index contributed by atoms with van der Waals surface area (Å²) in [5.74, 6) is 1.44. The molecular weight excluding hydrogens is 270 g/mol. The fourth-order valence-electron chi connectivity index (χ4n) is 2.88. The average Bonchev–Trinajstić information content (AvgIpc) is 3.01. The summed E-state index contributed by atoms with van der Waals surface area (Å²) in [5.41, 5.74) is 1.00. The number of methoxy groups -OCH3 is 1. The summed E-state index contributed by atoms with van der Waals surface area (Å²) in [7, 11) is 1.65. The van der Waals surface area contributed by atoms with E-state index in [0.29, 0.717) is 6.54 Å². The van der Waals surface area contributed by atoms with Gasteiger partial charge in [-0.15, -0.1) is 0 Å². The fraction of sp³-hybridized carbons (Fsp3) is 0.562. The van der Waals surface area contributed by atoms with Gasteiger partial charge < -0.3 is 19.5 Å². The molecule has 21 heavy (non-hydrogen) atoms. The topological polar surface area (TPSA) is 56.8 Å². The lowest BCUT2D eigenvalue weighted by Gasteiger charge is -2.24. The van der Waals surface area contributed by atoms with Gasteiger partial charge in [-0.2, -0.15) is 0 Å². The van der Waals surface area contributed by atoms with Crippen molar-refractivity contribution in [2.24, 2.45) is 0 Å². The predicted octanol–water partition coefficient (Wildman–Crippen LogP) is 2.20. The molecule has 1 N–H and O–H groups in total. The Hall–Kier alpha value is -1.75. The number of rotatable bonds is 4. The molecule has 5 heteroatoms. The van der Waals surface area contributed by atoms with E-state index in [2.05, 4.69) is 5.32 Å². The number of carbonyl (C=O) groups excluding carboxylic acids is 1. The summed E-state index contributed by atoms with van der Waals surface area (Å²) >= 11 is 0. The van der Waals surface area contributed by atoms with Gasteiger partial charge in [0.15, 0.2) is 11.5 Å². The van der Waals surface area contributed by atoms with E-state index in [9.17, 15) is 4.79 Å². The Balaban J connectivity index is 1.77. The highest BCUT2D eigenvalue weighted by molar-refractivity contribution is 5.77. The Morgan fingerprint density at radius 3 is 2.71 bits per heavy atom. The molecular formula is C16H21NO4. The molecule has 2 fully saturated rings. The molecule has 1 heterocycles. The van der Waals surface area contributed by atoms with E-state index in [1.807, 2.05) is 18.2 Å². The molecule has 3 rings (SSSR count). The van der Waals surface area contributed by atoms with Gasteiger partial charge in [0.1, 0.15) is 12.7 Å². The van der Waals surface area contributed by atoms with Crippen LogP contribution >= 0.6 is 0 Å². The van der Waals surface area contributed by atoms with Crippen LogP contribution in [0.2, 0.25) is 0 Å². The molecule has 0 aromatic heterocycles. The molecule has 0 bridgehead atoms. The minimum Gasteiger partial charge on any atom is -0.493 e. The summed E-state index contributed by atoms with van der Waals surface area (Å²) in [4.78, 5) is 11.2. The Morgan fingerprint density at radius 2 is 2.05 bits per heavy atom. The Labute approximate surface area is 124 Å². The maximum Gasteiger partial charge on any atom is 0.246 e. The summed E-state index contributed by atoms with van der Waals surface area (Å²) in [6.45, 7) is 0.601. The monoisotopic (exact) mass is 291 g/mol. The van der Waals surface area contributed by atoms with Gasteiger partial charge in [-0.25, -0.2) is 0 Å². The minimum atomic E-state index is -0.125. The van der Waals surface area contributed by atoms with Crippen molar-refractivity contribution in [3.8, 4) is 11.5 Å². The molecule has 0 radical (unpaired) electrons. The van der Waals surface area contributed by atoms with E-state index in [-0.39, 0.29) is 24.7 Å². The fourth-order valence-corrected chi connectivity index (χ4v) is 2.88. The lowest BCUT2D eigenvalue weighted by atomic mass is 10.1. The zero-order valence-corrected chi connectivity index (χ0v) is 12.3. The van der Waals surface area contributed by atoms with Crippen LogP contribution in [0.3, 0.4) is 0 Å². The second-order valence-corrected chi connectivity index (χ2v) is 5.54. The quantitative estimate of drug-likeness (QED) is 0.924. The Morgan fingerprint density at radius 1 is 1.24 bits per heavy atom. The maximum atomic E-state index is 11.2. The molecule has 1 aliphatic heterocycles. The molecule has 1 atom stereocenters. The van der Waals surface area contributed by atoms with Gasteiger partial charge >= 0.3 is 0 Å². The molecule has 1 aliphatic carbocycles.